The van der Waals surface area contributed by atoms with Crippen LogP contribution in [0.25, 0.3) is 5.57 Å². The molecule has 0 amide bonds. The second kappa shape index (κ2) is 5.91. The number of benzene rings is 1. The van der Waals surface area contributed by atoms with Crippen LogP contribution in [0.3, 0.4) is 0 Å². The molecule has 1 aromatic rings. The van der Waals surface area contributed by atoms with Crippen molar-refractivity contribution in [2.75, 3.05) is 13.1 Å². The Kier molecular flexibility index (Phi) is 3.99. The van der Waals surface area contributed by atoms with Gasteiger partial charge in [0, 0.05) is 19.1 Å². The van der Waals surface area contributed by atoms with E-state index in [1.807, 2.05) is 12.1 Å². The van der Waals surface area contributed by atoms with Crippen LogP contribution in [0.1, 0.15) is 51.2 Å². The molecule has 0 aromatic heterocycles. The molecule has 3 aliphatic heterocycles. The summed E-state index contributed by atoms with van der Waals surface area (Å²) in [6.07, 6.45) is 3.80. The zero-order chi connectivity index (χ0) is 17.0. The highest BCUT2D eigenvalue weighted by Gasteiger charge is 2.51. The van der Waals surface area contributed by atoms with Crippen molar-refractivity contribution in [2.45, 2.75) is 53.0 Å². The Hall–Kier alpha value is -1.28. The highest BCUT2D eigenvalue weighted by molar-refractivity contribution is 5.72. The van der Waals surface area contributed by atoms with Gasteiger partial charge < -0.3 is 5.11 Å². The summed E-state index contributed by atoms with van der Waals surface area (Å²) in [5.74, 6) is 3.70. The molecule has 4 aliphatic rings. The van der Waals surface area contributed by atoms with Crippen molar-refractivity contribution in [3.05, 3.63) is 34.9 Å². The largest absolute Gasteiger partial charge is 0.508 e. The highest BCUT2D eigenvalue weighted by Crippen LogP contribution is 2.52. The number of phenols is 1. The minimum Gasteiger partial charge on any atom is -0.508 e. The lowest BCUT2D eigenvalue weighted by atomic mass is 9.59. The molecule has 2 heteroatoms. The molecule has 1 aromatic carbocycles. The Morgan fingerprint density at radius 2 is 2.04 bits per heavy atom. The average Bonchev–Trinajstić information content (AvgIpc) is 2.66. The third-order valence-corrected chi connectivity index (χ3v) is 7.42. The molecule has 0 spiro atoms. The third-order valence-electron chi connectivity index (χ3n) is 7.42. The van der Waals surface area contributed by atoms with E-state index >= 15 is 0 Å². The highest BCUT2D eigenvalue weighted by atomic mass is 16.3. The molecule has 1 saturated carbocycles. The van der Waals surface area contributed by atoms with E-state index in [2.05, 4.69) is 38.7 Å². The normalized spacial score (nSPS) is 38.3. The molecule has 3 heterocycles. The molecule has 5 rings (SSSR count). The van der Waals surface area contributed by atoms with Gasteiger partial charge in [0.05, 0.1) is 0 Å². The van der Waals surface area contributed by atoms with Crippen molar-refractivity contribution in [3.63, 3.8) is 0 Å². The molecule has 24 heavy (non-hydrogen) atoms. The molecule has 1 aliphatic carbocycles. The first kappa shape index (κ1) is 16.2. The van der Waals surface area contributed by atoms with Crippen LogP contribution in [-0.2, 0) is 0 Å². The summed E-state index contributed by atoms with van der Waals surface area (Å²) in [6, 6.07) is 6.59. The maximum absolute atomic E-state index is 10.00. The van der Waals surface area contributed by atoms with E-state index in [1.165, 1.54) is 42.6 Å². The molecule has 2 saturated heterocycles. The first-order valence-corrected chi connectivity index (χ1v) is 9.75. The first-order chi connectivity index (χ1) is 11.5. The Morgan fingerprint density at radius 1 is 1.25 bits per heavy atom. The van der Waals surface area contributed by atoms with E-state index in [0.29, 0.717) is 11.7 Å². The zero-order valence-electron chi connectivity index (χ0n) is 15.5. The van der Waals surface area contributed by atoms with E-state index in [-0.39, 0.29) is 0 Å². The van der Waals surface area contributed by atoms with Crippen LogP contribution in [0, 0.1) is 30.6 Å². The summed E-state index contributed by atoms with van der Waals surface area (Å²) < 4.78 is 0. The fourth-order valence-electron chi connectivity index (χ4n) is 6.07. The number of fused-ring (bicyclic) bond motifs is 1. The lowest BCUT2D eigenvalue weighted by molar-refractivity contribution is -0.0658. The van der Waals surface area contributed by atoms with E-state index in [9.17, 15) is 5.11 Å². The Labute approximate surface area is 146 Å². The van der Waals surface area contributed by atoms with Gasteiger partial charge in [0.1, 0.15) is 5.75 Å². The number of hydrogen-bond donors (Lipinski definition) is 1. The van der Waals surface area contributed by atoms with Crippen molar-refractivity contribution >= 4 is 5.57 Å². The van der Waals surface area contributed by atoms with E-state index in [1.54, 1.807) is 5.57 Å². The molecule has 3 fully saturated rings. The maximum Gasteiger partial charge on any atom is 0.116 e. The van der Waals surface area contributed by atoms with Crippen molar-refractivity contribution in [2.24, 2.45) is 23.7 Å². The van der Waals surface area contributed by atoms with Crippen LogP contribution in [0.5, 0.6) is 5.75 Å². The molecule has 4 bridgehead atoms. The summed E-state index contributed by atoms with van der Waals surface area (Å²) >= 11 is 0. The second-order valence-electron chi connectivity index (χ2n) is 8.43. The molecule has 2 nitrogen and oxygen atoms in total. The van der Waals surface area contributed by atoms with E-state index in [4.69, 9.17) is 0 Å². The van der Waals surface area contributed by atoms with Gasteiger partial charge in [-0.2, -0.15) is 0 Å². The average molecular weight is 325 g/mol. The van der Waals surface area contributed by atoms with E-state index < -0.39 is 0 Å². The van der Waals surface area contributed by atoms with Crippen molar-refractivity contribution in [1.29, 1.82) is 0 Å². The van der Waals surface area contributed by atoms with Crippen molar-refractivity contribution in [1.82, 2.24) is 4.90 Å². The van der Waals surface area contributed by atoms with Gasteiger partial charge in [0.25, 0.3) is 0 Å². The van der Waals surface area contributed by atoms with Gasteiger partial charge in [-0.15, -0.1) is 0 Å². The van der Waals surface area contributed by atoms with Crippen LogP contribution in [-0.4, -0.2) is 29.1 Å². The fourth-order valence-corrected chi connectivity index (χ4v) is 6.07. The van der Waals surface area contributed by atoms with Gasteiger partial charge in [-0.25, -0.2) is 0 Å². The topological polar surface area (TPSA) is 23.5 Å². The summed E-state index contributed by atoms with van der Waals surface area (Å²) in [5, 5.41) is 10.00. The summed E-state index contributed by atoms with van der Waals surface area (Å²) in [6.45, 7) is 11.9. The summed E-state index contributed by atoms with van der Waals surface area (Å²) in [5.41, 5.74) is 5.68. The molecular formula is C22H31NO. The maximum atomic E-state index is 10.00. The number of hydrogen-bond acceptors (Lipinski definition) is 2. The van der Waals surface area contributed by atoms with Crippen LogP contribution in [0.2, 0.25) is 0 Å². The smallest absolute Gasteiger partial charge is 0.116 e. The second-order valence-corrected chi connectivity index (χ2v) is 8.43. The van der Waals surface area contributed by atoms with Crippen molar-refractivity contribution < 1.29 is 5.11 Å². The lowest BCUT2D eigenvalue weighted by Crippen LogP contribution is -2.60. The Balaban J connectivity index is 1.79. The first-order valence-electron chi connectivity index (χ1n) is 9.75. The molecule has 6 unspecified atom stereocenters. The number of phenolic OH excluding ortho intramolecular Hbond substituents is 1. The SMILES string of the molecule is CCC1C(C)C2CC3C(C)=C(c4cc(O)ccc4C)CCN(C2)C31. The number of aryl methyl sites for hydroxylation is 1. The van der Waals surface area contributed by atoms with Crippen molar-refractivity contribution in [3.8, 4) is 5.75 Å². The number of piperidine rings is 2. The zero-order valence-corrected chi connectivity index (χ0v) is 15.5. The minimum atomic E-state index is 0.394. The van der Waals surface area contributed by atoms with Gasteiger partial charge in [0.2, 0.25) is 0 Å². The quantitative estimate of drug-likeness (QED) is 0.839. The van der Waals surface area contributed by atoms with Crippen LogP contribution >= 0.6 is 0 Å². The summed E-state index contributed by atoms with van der Waals surface area (Å²) in [7, 11) is 0. The van der Waals surface area contributed by atoms with Gasteiger partial charge in [-0.05, 0) is 79.2 Å². The van der Waals surface area contributed by atoms with Crippen LogP contribution in [0.15, 0.2) is 23.8 Å². The minimum absolute atomic E-state index is 0.394. The molecule has 0 radical (unpaired) electrons. The molecule has 6 atom stereocenters. The summed E-state index contributed by atoms with van der Waals surface area (Å²) in [4.78, 5) is 2.81. The standard InChI is InChI=1S/C22H31NO/c1-5-18-14(3)16-10-21-15(4)19(8-9-23(12-16)22(18)21)20-11-17(24)7-6-13(20)2/h6-7,11,14,16,18,21-22,24H,5,8-10,12H2,1-4H3. The van der Waals surface area contributed by atoms with Crippen LogP contribution in [0.4, 0.5) is 0 Å². The van der Waals surface area contributed by atoms with Gasteiger partial charge in [0.15, 0.2) is 0 Å². The molecule has 130 valence electrons. The molecular weight excluding hydrogens is 294 g/mol. The molecule has 1 N–H and O–H groups in total. The predicted molar refractivity (Wildman–Crippen MR) is 100.0 cm³/mol. The lowest BCUT2D eigenvalue weighted by Gasteiger charge is -2.57. The Bertz CT molecular complexity index is 677. The van der Waals surface area contributed by atoms with Gasteiger partial charge in [-0.3, -0.25) is 4.90 Å². The van der Waals surface area contributed by atoms with Gasteiger partial charge >= 0.3 is 0 Å². The fraction of sp³-hybridized carbons (Fsp3) is 0.636. The number of nitrogens with zero attached hydrogens (tertiary/aromatic N) is 1. The van der Waals surface area contributed by atoms with E-state index in [0.717, 1.165) is 30.2 Å². The third kappa shape index (κ3) is 2.34. The Morgan fingerprint density at radius 3 is 2.79 bits per heavy atom. The predicted octanol–water partition coefficient (Wildman–Crippen LogP) is 4.86. The van der Waals surface area contributed by atoms with Gasteiger partial charge in [-0.1, -0.05) is 31.9 Å². The number of aromatic hydroxyl groups is 1. The monoisotopic (exact) mass is 325 g/mol. The number of rotatable bonds is 2. The van der Waals surface area contributed by atoms with Crippen LogP contribution < -0.4 is 0 Å².